The number of phenols is 1. The highest BCUT2D eigenvalue weighted by molar-refractivity contribution is 6.32. The van der Waals surface area contributed by atoms with Gasteiger partial charge in [-0.25, -0.2) is 0 Å². The summed E-state index contributed by atoms with van der Waals surface area (Å²) in [6.45, 7) is 0. The maximum Gasteiger partial charge on any atom is 0.255 e. The topological polar surface area (TPSA) is 67.8 Å². The first-order chi connectivity index (χ1) is 12.0. The number of fused-ring (bicyclic) bond motifs is 1. The Kier molecular flexibility index (Phi) is 3.96. The number of hydrogen-bond acceptors (Lipinski definition) is 4. The summed E-state index contributed by atoms with van der Waals surface area (Å²) in [5, 5.41) is 12.4. The fourth-order valence-corrected chi connectivity index (χ4v) is 3.50. The minimum absolute atomic E-state index is 0.0564. The van der Waals surface area contributed by atoms with Crippen LogP contribution in [0.15, 0.2) is 36.4 Å². The quantitative estimate of drug-likeness (QED) is 0.813. The number of amides is 1. The van der Waals surface area contributed by atoms with Gasteiger partial charge in [0.15, 0.2) is 11.5 Å². The second-order valence-electron chi connectivity index (χ2n) is 6.46. The number of carbonyl (C=O) groups excluding carboxylic acids is 1. The predicted molar refractivity (Wildman–Crippen MR) is 94.6 cm³/mol. The first-order valence-electron chi connectivity index (χ1n) is 8.37. The minimum Gasteiger partial charge on any atom is -0.506 e. The molecule has 0 atom stereocenters. The monoisotopic (exact) mass is 359 g/mol. The van der Waals surface area contributed by atoms with E-state index in [0.717, 1.165) is 25.7 Å². The van der Waals surface area contributed by atoms with Crippen LogP contribution in [0.1, 0.15) is 42.5 Å². The van der Waals surface area contributed by atoms with E-state index in [0.29, 0.717) is 22.7 Å². The van der Waals surface area contributed by atoms with Crippen LogP contribution in [-0.4, -0.2) is 16.8 Å². The van der Waals surface area contributed by atoms with E-state index >= 15 is 0 Å². The maximum absolute atomic E-state index is 12.3. The molecule has 1 amide bonds. The van der Waals surface area contributed by atoms with Crippen LogP contribution in [0.4, 0.5) is 5.69 Å². The molecule has 0 bridgehead atoms. The zero-order valence-electron chi connectivity index (χ0n) is 13.5. The van der Waals surface area contributed by atoms with Crippen LogP contribution in [0.25, 0.3) is 0 Å². The van der Waals surface area contributed by atoms with Gasteiger partial charge in [-0.2, -0.15) is 0 Å². The lowest BCUT2D eigenvalue weighted by atomic mass is 9.94. The van der Waals surface area contributed by atoms with Crippen molar-refractivity contribution in [3.05, 3.63) is 47.0 Å². The molecule has 1 heterocycles. The van der Waals surface area contributed by atoms with E-state index in [1.54, 1.807) is 12.1 Å². The molecule has 1 spiro atoms. The number of rotatable bonds is 2. The van der Waals surface area contributed by atoms with Crippen LogP contribution in [0.5, 0.6) is 17.2 Å². The Bertz CT molecular complexity index is 830. The molecular formula is C19H18ClNO4. The van der Waals surface area contributed by atoms with E-state index < -0.39 is 5.79 Å². The molecule has 5 nitrogen and oxygen atoms in total. The molecule has 2 aliphatic rings. The number of halogens is 1. The maximum atomic E-state index is 12.3. The summed E-state index contributed by atoms with van der Waals surface area (Å²) in [5.41, 5.74) is 0.980. The van der Waals surface area contributed by atoms with Gasteiger partial charge in [0, 0.05) is 30.2 Å². The van der Waals surface area contributed by atoms with Crippen LogP contribution in [0.3, 0.4) is 0 Å². The summed E-state index contributed by atoms with van der Waals surface area (Å²) in [6, 6.07) is 9.71. The summed E-state index contributed by atoms with van der Waals surface area (Å²) in [6.07, 6.45) is 5.17. The Morgan fingerprint density at radius 2 is 1.80 bits per heavy atom. The molecule has 4 rings (SSSR count). The van der Waals surface area contributed by atoms with Crippen molar-refractivity contribution in [2.24, 2.45) is 0 Å². The number of nitrogens with one attached hydrogen (secondary N) is 1. The molecule has 1 saturated carbocycles. The molecule has 0 unspecified atom stereocenters. The number of ether oxygens (including phenoxy) is 2. The van der Waals surface area contributed by atoms with E-state index in [1.165, 1.54) is 24.6 Å². The first kappa shape index (κ1) is 16.1. The van der Waals surface area contributed by atoms with Gasteiger partial charge in [0.1, 0.15) is 5.75 Å². The van der Waals surface area contributed by atoms with Crippen molar-refractivity contribution in [1.82, 2.24) is 0 Å². The summed E-state index contributed by atoms with van der Waals surface area (Å²) in [7, 11) is 0. The number of anilines is 1. The highest BCUT2D eigenvalue weighted by Gasteiger charge is 2.42. The molecule has 6 heteroatoms. The molecule has 0 aromatic heterocycles. The average molecular weight is 360 g/mol. The zero-order valence-corrected chi connectivity index (χ0v) is 14.3. The Labute approximate surface area is 150 Å². The Balaban J connectivity index is 1.51. The van der Waals surface area contributed by atoms with Crippen LogP contribution in [0, 0.1) is 0 Å². The van der Waals surface area contributed by atoms with Gasteiger partial charge >= 0.3 is 0 Å². The zero-order chi connectivity index (χ0) is 17.4. The summed E-state index contributed by atoms with van der Waals surface area (Å²) in [4.78, 5) is 12.3. The third kappa shape index (κ3) is 3.12. The Morgan fingerprint density at radius 1 is 1.04 bits per heavy atom. The molecule has 0 saturated heterocycles. The van der Waals surface area contributed by atoms with Gasteiger partial charge in [0.05, 0.1) is 5.02 Å². The predicted octanol–water partition coefficient (Wildman–Crippen LogP) is 4.73. The molecule has 2 aromatic carbocycles. The molecule has 2 aromatic rings. The van der Waals surface area contributed by atoms with Crippen molar-refractivity contribution in [2.75, 3.05) is 5.32 Å². The first-order valence-corrected chi connectivity index (χ1v) is 8.74. The molecule has 1 fully saturated rings. The summed E-state index contributed by atoms with van der Waals surface area (Å²) >= 11 is 5.85. The SMILES string of the molecule is O=C(Nc1ccc2c(c1)OC1(CCCCC1)O2)c1ccc(O)c(Cl)c1. The molecule has 1 aliphatic carbocycles. The average Bonchev–Trinajstić information content (AvgIpc) is 2.94. The summed E-state index contributed by atoms with van der Waals surface area (Å²) in [5.74, 6) is 0.469. The van der Waals surface area contributed by atoms with Gasteiger partial charge in [-0.1, -0.05) is 18.0 Å². The number of hydrogen-bond donors (Lipinski definition) is 2. The third-order valence-corrected chi connectivity index (χ3v) is 4.92. The van der Waals surface area contributed by atoms with Crippen molar-refractivity contribution < 1.29 is 19.4 Å². The molecule has 25 heavy (non-hydrogen) atoms. The van der Waals surface area contributed by atoms with E-state index in [9.17, 15) is 9.90 Å². The van der Waals surface area contributed by atoms with E-state index in [-0.39, 0.29) is 16.7 Å². The van der Waals surface area contributed by atoms with Gasteiger partial charge in [-0.15, -0.1) is 0 Å². The normalized spacial score (nSPS) is 17.5. The van der Waals surface area contributed by atoms with Crippen molar-refractivity contribution in [3.63, 3.8) is 0 Å². The highest BCUT2D eigenvalue weighted by atomic mass is 35.5. The van der Waals surface area contributed by atoms with Crippen LogP contribution in [0.2, 0.25) is 5.02 Å². The smallest absolute Gasteiger partial charge is 0.255 e. The lowest BCUT2D eigenvalue weighted by Gasteiger charge is -2.31. The van der Waals surface area contributed by atoms with E-state index in [2.05, 4.69) is 5.32 Å². The molecule has 0 radical (unpaired) electrons. The third-order valence-electron chi connectivity index (χ3n) is 4.62. The lowest BCUT2D eigenvalue weighted by Crippen LogP contribution is -2.40. The molecule has 130 valence electrons. The number of benzene rings is 2. The summed E-state index contributed by atoms with van der Waals surface area (Å²) < 4.78 is 12.1. The second kappa shape index (κ2) is 6.15. The van der Waals surface area contributed by atoms with Gasteiger partial charge in [0.25, 0.3) is 11.7 Å². The van der Waals surface area contributed by atoms with E-state index in [1.807, 2.05) is 6.07 Å². The van der Waals surface area contributed by atoms with Crippen LogP contribution < -0.4 is 14.8 Å². The minimum atomic E-state index is -0.534. The van der Waals surface area contributed by atoms with Crippen molar-refractivity contribution in [2.45, 2.75) is 37.9 Å². The fraction of sp³-hybridized carbons (Fsp3) is 0.316. The van der Waals surface area contributed by atoms with Crippen LogP contribution in [-0.2, 0) is 0 Å². The second-order valence-corrected chi connectivity index (χ2v) is 6.86. The number of aromatic hydroxyl groups is 1. The lowest BCUT2D eigenvalue weighted by molar-refractivity contribution is -0.105. The van der Waals surface area contributed by atoms with Crippen molar-refractivity contribution in [3.8, 4) is 17.2 Å². The largest absolute Gasteiger partial charge is 0.506 e. The van der Waals surface area contributed by atoms with E-state index in [4.69, 9.17) is 21.1 Å². The van der Waals surface area contributed by atoms with Crippen molar-refractivity contribution in [1.29, 1.82) is 0 Å². The number of phenolic OH excluding ortho intramolecular Hbond substituents is 1. The molecule has 1 aliphatic heterocycles. The standard InChI is InChI=1S/C19H18ClNO4/c20-14-10-12(4-6-15(14)22)18(23)21-13-5-7-16-17(11-13)25-19(24-16)8-2-1-3-9-19/h4-7,10-11,22H,1-3,8-9H2,(H,21,23). The highest BCUT2D eigenvalue weighted by Crippen LogP contribution is 2.46. The Morgan fingerprint density at radius 3 is 2.56 bits per heavy atom. The van der Waals surface area contributed by atoms with Gasteiger partial charge in [-0.05, 0) is 43.2 Å². The van der Waals surface area contributed by atoms with Gasteiger partial charge in [-0.3, -0.25) is 4.79 Å². The molecule has 2 N–H and O–H groups in total. The fourth-order valence-electron chi connectivity index (χ4n) is 3.32. The van der Waals surface area contributed by atoms with Gasteiger partial charge < -0.3 is 19.9 Å². The van der Waals surface area contributed by atoms with Crippen molar-refractivity contribution >= 4 is 23.2 Å². The molecular weight excluding hydrogens is 342 g/mol. The van der Waals surface area contributed by atoms with Crippen LogP contribution >= 0.6 is 11.6 Å². The number of carbonyl (C=O) groups is 1. The Hall–Kier alpha value is -2.40. The van der Waals surface area contributed by atoms with Gasteiger partial charge in [0.2, 0.25) is 0 Å².